The number of carbonyl (C=O) groups is 1. The van der Waals surface area contributed by atoms with E-state index in [2.05, 4.69) is 20.6 Å². The van der Waals surface area contributed by atoms with Crippen molar-refractivity contribution >= 4 is 23.3 Å². The van der Waals surface area contributed by atoms with Crippen LogP contribution in [0.15, 0.2) is 54.9 Å². The number of anilines is 1. The second kappa shape index (κ2) is 8.49. The van der Waals surface area contributed by atoms with Crippen LogP contribution in [-0.4, -0.2) is 33.5 Å². The largest absolute Gasteiger partial charge is 0.368 e. The van der Waals surface area contributed by atoms with E-state index < -0.39 is 0 Å². The zero-order valence-electron chi connectivity index (χ0n) is 14.4. The minimum Gasteiger partial charge on any atom is -0.368 e. The average Bonchev–Trinajstić information content (AvgIpc) is 3.15. The van der Waals surface area contributed by atoms with Crippen LogP contribution < -0.4 is 10.6 Å². The molecule has 0 aliphatic rings. The standard InChI is InChI=1S/C19H20ClN5O/c1-14-23-17(13-18(24-14)25-10-2-3-11-25)21-8-9-22-19(26)12-15-4-6-16(20)7-5-15/h2-7,10-11,13H,8-9,12H2,1H3,(H,22,26)(H,21,23,24). The van der Waals surface area contributed by atoms with E-state index in [0.29, 0.717) is 30.4 Å². The minimum absolute atomic E-state index is 0.0268. The molecular formula is C19H20ClN5O. The van der Waals surface area contributed by atoms with Gasteiger partial charge in [-0.05, 0) is 36.8 Å². The van der Waals surface area contributed by atoms with Crippen molar-refractivity contribution in [1.82, 2.24) is 19.9 Å². The lowest BCUT2D eigenvalue weighted by Gasteiger charge is -2.10. The molecule has 0 unspecified atom stereocenters. The van der Waals surface area contributed by atoms with Crippen molar-refractivity contribution < 1.29 is 4.79 Å². The number of benzene rings is 1. The summed E-state index contributed by atoms with van der Waals surface area (Å²) in [5.41, 5.74) is 0.933. The first-order chi connectivity index (χ1) is 12.6. The summed E-state index contributed by atoms with van der Waals surface area (Å²) >= 11 is 5.84. The molecule has 0 saturated carbocycles. The van der Waals surface area contributed by atoms with E-state index in [9.17, 15) is 4.79 Å². The first-order valence-corrected chi connectivity index (χ1v) is 8.72. The number of halogens is 1. The summed E-state index contributed by atoms with van der Waals surface area (Å²) in [7, 11) is 0. The second-order valence-electron chi connectivity index (χ2n) is 5.83. The number of hydrogen-bond acceptors (Lipinski definition) is 4. The molecule has 1 aromatic carbocycles. The highest BCUT2D eigenvalue weighted by Crippen LogP contribution is 2.11. The van der Waals surface area contributed by atoms with Gasteiger partial charge in [-0.3, -0.25) is 4.79 Å². The van der Waals surface area contributed by atoms with Crippen LogP contribution in [0.25, 0.3) is 5.82 Å². The Morgan fingerprint density at radius 3 is 2.58 bits per heavy atom. The molecule has 0 bridgehead atoms. The second-order valence-corrected chi connectivity index (χ2v) is 6.27. The van der Waals surface area contributed by atoms with E-state index in [1.165, 1.54) is 0 Å². The predicted molar refractivity (Wildman–Crippen MR) is 103 cm³/mol. The van der Waals surface area contributed by atoms with Gasteiger partial charge in [0.1, 0.15) is 17.5 Å². The van der Waals surface area contributed by atoms with E-state index in [1.807, 2.05) is 54.2 Å². The molecule has 2 heterocycles. The fourth-order valence-electron chi connectivity index (χ4n) is 2.50. The molecule has 3 aromatic rings. The normalized spacial score (nSPS) is 10.5. The molecule has 0 fully saturated rings. The molecule has 3 rings (SSSR count). The molecule has 2 aromatic heterocycles. The van der Waals surface area contributed by atoms with E-state index in [4.69, 9.17) is 11.6 Å². The molecule has 1 amide bonds. The smallest absolute Gasteiger partial charge is 0.224 e. The predicted octanol–water partition coefficient (Wildman–Crippen LogP) is 3.00. The highest BCUT2D eigenvalue weighted by atomic mass is 35.5. The van der Waals surface area contributed by atoms with Crippen LogP contribution in [0, 0.1) is 6.92 Å². The van der Waals surface area contributed by atoms with E-state index >= 15 is 0 Å². The van der Waals surface area contributed by atoms with Gasteiger partial charge in [0.15, 0.2) is 0 Å². The van der Waals surface area contributed by atoms with Gasteiger partial charge in [0.2, 0.25) is 5.91 Å². The lowest BCUT2D eigenvalue weighted by molar-refractivity contribution is -0.120. The molecule has 134 valence electrons. The Bertz CT molecular complexity index is 862. The first kappa shape index (κ1) is 17.9. The number of hydrogen-bond donors (Lipinski definition) is 2. The fourth-order valence-corrected chi connectivity index (χ4v) is 2.63. The van der Waals surface area contributed by atoms with Gasteiger partial charge in [-0.25, -0.2) is 9.97 Å². The summed E-state index contributed by atoms with van der Waals surface area (Å²) in [5, 5.41) is 6.77. The first-order valence-electron chi connectivity index (χ1n) is 8.34. The topological polar surface area (TPSA) is 71.8 Å². The van der Waals surface area contributed by atoms with Crippen molar-refractivity contribution in [3.63, 3.8) is 0 Å². The van der Waals surface area contributed by atoms with Crippen molar-refractivity contribution in [1.29, 1.82) is 0 Å². The maximum Gasteiger partial charge on any atom is 0.224 e. The number of nitrogens with one attached hydrogen (secondary N) is 2. The maximum atomic E-state index is 12.0. The quantitative estimate of drug-likeness (QED) is 0.628. The SMILES string of the molecule is Cc1nc(NCCNC(=O)Cc2ccc(Cl)cc2)cc(-n2cccc2)n1. The Morgan fingerprint density at radius 1 is 1.12 bits per heavy atom. The van der Waals surface area contributed by atoms with Crippen LogP contribution in [0.5, 0.6) is 0 Å². The molecule has 0 spiro atoms. The monoisotopic (exact) mass is 369 g/mol. The zero-order valence-corrected chi connectivity index (χ0v) is 15.2. The van der Waals surface area contributed by atoms with Crippen molar-refractivity contribution in [2.45, 2.75) is 13.3 Å². The maximum absolute atomic E-state index is 12.0. The summed E-state index contributed by atoms with van der Waals surface area (Å²) in [5.74, 6) is 2.19. The Balaban J connectivity index is 1.47. The van der Waals surface area contributed by atoms with Crippen molar-refractivity contribution in [2.24, 2.45) is 0 Å². The Hall–Kier alpha value is -2.86. The molecule has 0 saturated heterocycles. The van der Waals surface area contributed by atoms with Crippen LogP contribution in [-0.2, 0) is 11.2 Å². The van der Waals surface area contributed by atoms with E-state index in [1.54, 1.807) is 12.1 Å². The molecule has 2 N–H and O–H groups in total. The number of carbonyl (C=O) groups excluding carboxylic acids is 1. The van der Waals surface area contributed by atoms with Gasteiger partial charge in [-0.15, -0.1) is 0 Å². The lowest BCUT2D eigenvalue weighted by Crippen LogP contribution is -2.30. The molecular weight excluding hydrogens is 350 g/mol. The Labute approximate surface area is 157 Å². The summed E-state index contributed by atoms with van der Waals surface area (Å²) in [6.45, 7) is 2.94. The van der Waals surface area contributed by atoms with Gasteiger partial charge in [0.05, 0.1) is 6.42 Å². The Morgan fingerprint density at radius 2 is 1.85 bits per heavy atom. The van der Waals surface area contributed by atoms with Crippen LogP contribution in [0.3, 0.4) is 0 Å². The third-order valence-corrected chi connectivity index (χ3v) is 3.98. The summed E-state index contributed by atoms with van der Waals surface area (Å²) < 4.78 is 1.92. The molecule has 0 aliphatic carbocycles. The molecule has 0 aliphatic heterocycles. The van der Waals surface area contributed by atoms with Gasteiger partial charge in [0.25, 0.3) is 0 Å². The van der Waals surface area contributed by atoms with Crippen molar-refractivity contribution in [3.8, 4) is 5.82 Å². The van der Waals surface area contributed by atoms with Crippen LogP contribution >= 0.6 is 11.6 Å². The number of amides is 1. The van der Waals surface area contributed by atoms with Crippen molar-refractivity contribution in [3.05, 3.63) is 71.3 Å². The summed E-state index contributed by atoms with van der Waals surface area (Å²) in [4.78, 5) is 20.8. The van der Waals surface area contributed by atoms with Gasteiger partial charge < -0.3 is 15.2 Å². The van der Waals surface area contributed by atoms with Gasteiger partial charge >= 0.3 is 0 Å². The van der Waals surface area contributed by atoms with Gasteiger partial charge in [0, 0.05) is 36.6 Å². The van der Waals surface area contributed by atoms with Crippen LogP contribution in [0.2, 0.25) is 5.02 Å². The number of aromatic nitrogens is 3. The molecule has 6 nitrogen and oxygen atoms in total. The summed E-state index contributed by atoms with van der Waals surface area (Å²) in [6, 6.07) is 13.0. The number of nitrogens with zero attached hydrogens (tertiary/aromatic N) is 3. The lowest BCUT2D eigenvalue weighted by atomic mass is 10.1. The van der Waals surface area contributed by atoms with E-state index in [-0.39, 0.29) is 5.91 Å². The van der Waals surface area contributed by atoms with Crippen LogP contribution in [0.1, 0.15) is 11.4 Å². The average molecular weight is 370 g/mol. The highest BCUT2D eigenvalue weighted by Gasteiger charge is 2.05. The highest BCUT2D eigenvalue weighted by molar-refractivity contribution is 6.30. The third-order valence-electron chi connectivity index (χ3n) is 3.72. The molecule has 7 heteroatoms. The van der Waals surface area contributed by atoms with Gasteiger partial charge in [-0.2, -0.15) is 0 Å². The zero-order chi connectivity index (χ0) is 18.4. The fraction of sp³-hybridized carbons (Fsp3) is 0.211. The van der Waals surface area contributed by atoms with Gasteiger partial charge in [-0.1, -0.05) is 23.7 Å². The molecule has 0 atom stereocenters. The third kappa shape index (κ3) is 5.07. The number of aryl methyl sites for hydroxylation is 1. The van der Waals surface area contributed by atoms with Crippen molar-refractivity contribution in [2.75, 3.05) is 18.4 Å². The summed E-state index contributed by atoms with van der Waals surface area (Å²) in [6.07, 6.45) is 4.20. The number of rotatable bonds is 7. The minimum atomic E-state index is -0.0268. The Kier molecular flexibility index (Phi) is 5.86. The van der Waals surface area contributed by atoms with Crippen LogP contribution in [0.4, 0.5) is 5.82 Å². The van der Waals surface area contributed by atoms with E-state index in [0.717, 1.165) is 17.2 Å². The molecule has 0 radical (unpaired) electrons. The molecule has 26 heavy (non-hydrogen) atoms.